The molecule has 0 atom stereocenters. The zero-order valence-corrected chi connectivity index (χ0v) is 10.9. The van der Waals surface area contributed by atoms with Crippen molar-refractivity contribution in [2.75, 3.05) is 12.8 Å². The van der Waals surface area contributed by atoms with Gasteiger partial charge in [-0.05, 0) is 19.3 Å². The number of nitrogen functional groups attached to an aromatic ring is 1. The molecule has 1 saturated carbocycles. The van der Waals surface area contributed by atoms with Crippen molar-refractivity contribution in [3.05, 3.63) is 11.8 Å². The van der Waals surface area contributed by atoms with Crippen LogP contribution in [-0.2, 0) is 23.1 Å². The molecule has 0 aromatic carbocycles. The number of aryl methyl sites for hydroxylation is 1. The Morgan fingerprint density at radius 1 is 1.67 bits per heavy atom. The molecule has 0 bridgehead atoms. The molecule has 0 spiro atoms. The van der Waals surface area contributed by atoms with Gasteiger partial charge in [-0.15, -0.1) is 0 Å². The topological polar surface area (TPSA) is 82.2 Å². The molecule has 18 heavy (non-hydrogen) atoms. The van der Waals surface area contributed by atoms with E-state index < -0.39 is 0 Å². The minimum absolute atomic E-state index is 0.000182. The molecular weight excluding hydrogens is 232 g/mol. The van der Waals surface area contributed by atoms with Crippen LogP contribution < -0.4 is 11.1 Å². The predicted molar refractivity (Wildman–Crippen MR) is 67.7 cm³/mol. The number of hydrogen-bond donors (Lipinski definition) is 2. The Hall–Kier alpha value is -1.56. The van der Waals surface area contributed by atoms with Crippen molar-refractivity contribution in [1.82, 2.24) is 15.1 Å². The molecule has 100 valence electrons. The van der Waals surface area contributed by atoms with E-state index in [4.69, 9.17) is 10.5 Å². The third-order valence-electron chi connectivity index (χ3n) is 3.72. The summed E-state index contributed by atoms with van der Waals surface area (Å²) in [5, 5.41) is 6.89. The summed E-state index contributed by atoms with van der Waals surface area (Å²) in [5.74, 6) is 0.584. The number of amides is 1. The van der Waals surface area contributed by atoms with Gasteiger partial charge in [0.05, 0.1) is 18.2 Å². The van der Waals surface area contributed by atoms with Gasteiger partial charge in [0.25, 0.3) is 0 Å². The van der Waals surface area contributed by atoms with Crippen LogP contribution in [0.15, 0.2) is 6.20 Å². The summed E-state index contributed by atoms with van der Waals surface area (Å²) in [5.41, 5.74) is 6.41. The van der Waals surface area contributed by atoms with Crippen LogP contribution >= 0.6 is 0 Å². The van der Waals surface area contributed by atoms with Crippen molar-refractivity contribution in [3.63, 3.8) is 0 Å². The summed E-state index contributed by atoms with van der Waals surface area (Å²) in [4.78, 5) is 11.8. The van der Waals surface area contributed by atoms with Crippen LogP contribution in [0, 0.1) is 0 Å². The zero-order chi connectivity index (χ0) is 13.2. The van der Waals surface area contributed by atoms with Crippen LogP contribution in [0.2, 0.25) is 0 Å². The fraction of sp³-hybridized carbons (Fsp3) is 0.667. The first kappa shape index (κ1) is 12.9. The Bertz CT molecular complexity index is 432. The number of carbonyl (C=O) groups is 1. The highest BCUT2D eigenvalue weighted by Crippen LogP contribution is 2.37. The third-order valence-corrected chi connectivity index (χ3v) is 3.72. The van der Waals surface area contributed by atoms with E-state index in [1.807, 2.05) is 0 Å². The van der Waals surface area contributed by atoms with E-state index in [0.29, 0.717) is 18.8 Å². The summed E-state index contributed by atoms with van der Waals surface area (Å²) in [6.07, 6.45) is 5.16. The van der Waals surface area contributed by atoms with Gasteiger partial charge >= 0.3 is 0 Å². The molecule has 2 rings (SSSR count). The van der Waals surface area contributed by atoms with Crippen LogP contribution in [0.25, 0.3) is 0 Å². The van der Waals surface area contributed by atoms with Crippen LogP contribution in [0.1, 0.15) is 31.2 Å². The normalized spacial score (nSPS) is 17.2. The van der Waals surface area contributed by atoms with Gasteiger partial charge in [0.15, 0.2) is 0 Å². The largest absolute Gasteiger partial charge is 0.384 e. The lowest BCUT2D eigenvalue weighted by Gasteiger charge is -2.39. The van der Waals surface area contributed by atoms with Crippen LogP contribution in [0.4, 0.5) is 5.82 Å². The molecule has 0 saturated heterocycles. The molecule has 1 aliphatic carbocycles. The number of hydrogen-bond acceptors (Lipinski definition) is 4. The highest BCUT2D eigenvalue weighted by molar-refractivity contribution is 5.77. The van der Waals surface area contributed by atoms with Gasteiger partial charge in [-0.25, -0.2) is 0 Å². The maximum absolute atomic E-state index is 11.8. The molecule has 0 unspecified atom stereocenters. The lowest BCUT2D eigenvalue weighted by atomic mass is 9.77. The van der Waals surface area contributed by atoms with Crippen molar-refractivity contribution in [1.29, 1.82) is 0 Å². The van der Waals surface area contributed by atoms with E-state index in [1.54, 1.807) is 25.0 Å². The molecule has 6 nitrogen and oxygen atoms in total. The average molecular weight is 252 g/mol. The van der Waals surface area contributed by atoms with Gasteiger partial charge in [0.1, 0.15) is 5.82 Å². The van der Waals surface area contributed by atoms with Gasteiger partial charge in [-0.3, -0.25) is 9.48 Å². The van der Waals surface area contributed by atoms with Crippen LogP contribution in [0.3, 0.4) is 0 Å². The second-order valence-corrected chi connectivity index (χ2v) is 4.87. The highest BCUT2D eigenvalue weighted by Gasteiger charge is 2.38. The van der Waals surface area contributed by atoms with Crippen molar-refractivity contribution < 1.29 is 9.53 Å². The molecule has 6 heteroatoms. The summed E-state index contributed by atoms with van der Waals surface area (Å²) in [6, 6.07) is 0. The van der Waals surface area contributed by atoms with Gasteiger partial charge in [-0.1, -0.05) is 0 Å². The minimum atomic E-state index is -0.232. The molecule has 1 aliphatic rings. The lowest BCUT2D eigenvalue weighted by Crippen LogP contribution is -2.43. The fourth-order valence-corrected chi connectivity index (χ4v) is 2.20. The van der Waals surface area contributed by atoms with Gasteiger partial charge in [-0.2, -0.15) is 5.10 Å². The van der Waals surface area contributed by atoms with Crippen molar-refractivity contribution >= 4 is 11.7 Å². The third kappa shape index (κ3) is 2.48. The number of aromatic nitrogens is 2. The summed E-state index contributed by atoms with van der Waals surface area (Å²) in [7, 11) is 3.44. The molecule has 1 heterocycles. The summed E-state index contributed by atoms with van der Waals surface area (Å²) in [6.45, 7) is 0.415. The Morgan fingerprint density at radius 2 is 2.39 bits per heavy atom. The quantitative estimate of drug-likeness (QED) is 0.803. The number of carbonyl (C=O) groups excluding carboxylic acids is 1. The van der Waals surface area contributed by atoms with E-state index in [9.17, 15) is 4.79 Å². The SMILES string of the molecule is COC1(CC(=O)NCc2cnn(C)c2N)CCC1. The molecule has 3 N–H and O–H groups in total. The fourth-order valence-electron chi connectivity index (χ4n) is 2.20. The van der Waals surface area contributed by atoms with Crippen LogP contribution in [-0.4, -0.2) is 28.4 Å². The summed E-state index contributed by atoms with van der Waals surface area (Å²) < 4.78 is 7.01. The second-order valence-electron chi connectivity index (χ2n) is 4.87. The van der Waals surface area contributed by atoms with E-state index in [2.05, 4.69) is 10.4 Å². The van der Waals surface area contributed by atoms with Crippen molar-refractivity contribution in [3.8, 4) is 0 Å². The molecule has 1 fully saturated rings. The second kappa shape index (κ2) is 4.97. The van der Waals surface area contributed by atoms with Gasteiger partial charge in [0, 0.05) is 26.3 Å². The van der Waals surface area contributed by atoms with Crippen molar-refractivity contribution in [2.45, 2.75) is 37.8 Å². The van der Waals surface area contributed by atoms with Crippen LogP contribution in [0.5, 0.6) is 0 Å². The van der Waals surface area contributed by atoms with Gasteiger partial charge < -0.3 is 15.8 Å². The number of nitrogens with one attached hydrogen (secondary N) is 1. The Morgan fingerprint density at radius 3 is 2.83 bits per heavy atom. The number of methoxy groups -OCH3 is 1. The molecule has 1 aromatic heterocycles. The lowest BCUT2D eigenvalue weighted by molar-refractivity contribution is -0.134. The zero-order valence-electron chi connectivity index (χ0n) is 10.9. The van der Waals surface area contributed by atoms with E-state index >= 15 is 0 Å². The molecule has 0 radical (unpaired) electrons. The van der Waals surface area contributed by atoms with E-state index in [0.717, 1.165) is 24.8 Å². The average Bonchev–Trinajstić information content (AvgIpc) is 2.62. The van der Waals surface area contributed by atoms with E-state index in [-0.39, 0.29) is 11.5 Å². The monoisotopic (exact) mass is 252 g/mol. The number of nitrogens with two attached hydrogens (primary N) is 1. The van der Waals surface area contributed by atoms with Gasteiger partial charge in [0.2, 0.25) is 5.91 Å². The van der Waals surface area contributed by atoms with Crippen molar-refractivity contribution in [2.24, 2.45) is 7.05 Å². The Kier molecular flexibility index (Phi) is 3.56. The molecule has 0 aliphatic heterocycles. The summed E-state index contributed by atoms with van der Waals surface area (Å²) >= 11 is 0. The first-order chi connectivity index (χ1) is 8.56. The number of rotatable bonds is 5. The Labute approximate surface area is 106 Å². The van der Waals surface area contributed by atoms with E-state index in [1.165, 1.54) is 0 Å². The number of anilines is 1. The standard InChI is InChI=1S/C12H20N4O2/c1-16-11(13)9(8-15-16)7-14-10(17)6-12(18-2)4-3-5-12/h8H,3-7,13H2,1-2H3,(H,14,17). The molecule has 1 amide bonds. The Balaban J connectivity index is 1.83. The maximum atomic E-state index is 11.8. The predicted octanol–water partition coefficient (Wildman–Crippen LogP) is 0.578. The molecular formula is C12H20N4O2. The smallest absolute Gasteiger partial charge is 0.223 e. The number of ether oxygens (including phenoxy) is 1. The minimum Gasteiger partial charge on any atom is -0.384 e. The maximum Gasteiger partial charge on any atom is 0.223 e. The first-order valence-electron chi connectivity index (χ1n) is 6.14. The number of nitrogens with zero attached hydrogens (tertiary/aromatic N) is 2. The highest BCUT2D eigenvalue weighted by atomic mass is 16.5. The first-order valence-corrected chi connectivity index (χ1v) is 6.14. The molecule has 1 aromatic rings.